The molecular formula is C23H24F3N. The van der Waals surface area contributed by atoms with Gasteiger partial charge in [-0.25, -0.2) is 13.2 Å². The molecule has 1 aromatic heterocycles. The number of pyridine rings is 1. The van der Waals surface area contributed by atoms with Crippen LogP contribution in [0.3, 0.4) is 0 Å². The van der Waals surface area contributed by atoms with Crippen LogP contribution in [0.5, 0.6) is 0 Å². The minimum Gasteiger partial charge on any atom is -0.256 e. The van der Waals surface area contributed by atoms with E-state index in [1.165, 1.54) is 12.1 Å². The number of hydrogen-bond donors (Lipinski definition) is 0. The summed E-state index contributed by atoms with van der Waals surface area (Å²) in [5.74, 6) is -1.47. The Morgan fingerprint density at radius 1 is 1.15 bits per heavy atom. The third-order valence-corrected chi connectivity index (χ3v) is 6.27. The highest BCUT2D eigenvalue weighted by Gasteiger charge is 2.48. The van der Waals surface area contributed by atoms with Crippen LogP contribution in [-0.4, -0.2) is 10.9 Å². The van der Waals surface area contributed by atoms with E-state index >= 15 is 0 Å². The summed E-state index contributed by atoms with van der Waals surface area (Å²) in [4.78, 5) is 4.47. The van der Waals surface area contributed by atoms with E-state index in [-0.39, 0.29) is 24.6 Å². The molecule has 0 spiro atoms. The van der Waals surface area contributed by atoms with Crippen LogP contribution in [0.2, 0.25) is 0 Å². The van der Waals surface area contributed by atoms with Gasteiger partial charge in [0.1, 0.15) is 5.82 Å². The van der Waals surface area contributed by atoms with Gasteiger partial charge in [0.15, 0.2) is 0 Å². The van der Waals surface area contributed by atoms with Crippen LogP contribution in [0, 0.1) is 29.5 Å². The van der Waals surface area contributed by atoms with Crippen molar-refractivity contribution in [3.05, 3.63) is 60.2 Å². The number of alkyl halides is 2. The third-order valence-electron chi connectivity index (χ3n) is 6.27. The second-order valence-corrected chi connectivity index (χ2v) is 8.15. The Labute approximate surface area is 158 Å². The van der Waals surface area contributed by atoms with Gasteiger partial charge in [-0.1, -0.05) is 31.2 Å². The van der Waals surface area contributed by atoms with E-state index < -0.39 is 5.92 Å². The zero-order chi connectivity index (χ0) is 19.0. The maximum atomic E-state index is 13.7. The number of halogens is 3. The number of rotatable bonds is 3. The second-order valence-electron chi connectivity index (χ2n) is 8.15. The largest absolute Gasteiger partial charge is 0.256 e. The molecule has 0 aliphatic heterocycles. The van der Waals surface area contributed by atoms with Gasteiger partial charge in [-0.2, -0.15) is 0 Å². The number of aromatic nitrogens is 1. The van der Waals surface area contributed by atoms with E-state index in [4.69, 9.17) is 0 Å². The van der Waals surface area contributed by atoms with Crippen LogP contribution in [0.1, 0.15) is 38.3 Å². The smallest absolute Gasteiger partial charge is 0.248 e. The fraction of sp³-hybridized carbons (Fsp3) is 0.435. The molecule has 2 saturated carbocycles. The summed E-state index contributed by atoms with van der Waals surface area (Å²) in [7, 11) is 0. The average Bonchev–Trinajstić information content (AvgIpc) is 2.93. The highest BCUT2D eigenvalue weighted by atomic mass is 19.3. The molecule has 2 aliphatic carbocycles. The van der Waals surface area contributed by atoms with Gasteiger partial charge in [-0.05, 0) is 66.4 Å². The van der Waals surface area contributed by atoms with Crippen molar-refractivity contribution >= 4 is 6.08 Å². The highest BCUT2D eigenvalue weighted by molar-refractivity contribution is 5.63. The lowest BCUT2D eigenvalue weighted by molar-refractivity contribution is -0.0659. The zero-order valence-electron chi connectivity index (χ0n) is 15.4. The van der Waals surface area contributed by atoms with Gasteiger partial charge >= 0.3 is 0 Å². The molecule has 2 aromatic rings. The Hall–Kier alpha value is -2.10. The van der Waals surface area contributed by atoms with Gasteiger partial charge in [-0.15, -0.1) is 0 Å². The first-order chi connectivity index (χ1) is 12.9. The first-order valence-electron chi connectivity index (χ1n) is 9.69. The van der Waals surface area contributed by atoms with Crippen LogP contribution in [-0.2, 0) is 0 Å². The summed E-state index contributed by atoms with van der Waals surface area (Å²) in [6.07, 6.45) is 7.49. The molecule has 0 radical (unpaired) electrons. The average molecular weight is 371 g/mol. The molecule has 4 heteroatoms. The molecule has 0 N–H and O–H groups in total. The molecule has 4 rings (SSSR count). The van der Waals surface area contributed by atoms with E-state index in [1.807, 2.05) is 24.3 Å². The van der Waals surface area contributed by atoms with Crippen LogP contribution in [0.4, 0.5) is 13.2 Å². The molecule has 1 heterocycles. The number of benzene rings is 1. The SMILES string of the molecule is C[C@@H]1C[C@@H]2CC(F)(F)CC[C@H]2[C@@H]1/C=C/c1ccc(-c2cccc(F)c2)cn1. The minimum atomic E-state index is -2.48. The number of nitrogens with zero attached hydrogens (tertiary/aromatic N) is 1. The first kappa shape index (κ1) is 18.3. The van der Waals surface area contributed by atoms with E-state index in [9.17, 15) is 13.2 Å². The fourth-order valence-corrected chi connectivity index (χ4v) is 4.96. The van der Waals surface area contributed by atoms with E-state index in [0.717, 1.165) is 23.2 Å². The normalized spacial score (nSPS) is 29.8. The molecule has 0 bridgehead atoms. The maximum Gasteiger partial charge on any atom is 0.248 e. The zero-order valence-corrected chi connectivity index (χ0v) is 15.4. The van der Waals surface area contributed by atoms with Gasteiger partial charge in [-0.3, -0.25) is 4.98 Å². The predicted molar refractivity (Wildman–Crippen MR) is 102 cm³/mol. The van der Waals surface area contributed by atoms with E-state index in [2.05, 4.69) is 18.0 Å². The van der Waals surface area contributed by atoms with Gasteiger partial charge in [0.25, 0.3) is 0 Å². The summed E-state index contributed by atoms with van der Waals surface area (Å²) in [6, 6.07) is 10.3. The van der Waals surface area contributed by atoms with Crippen LogP contribution >= 0.6 is 0 Å². The van der Waals surface area contributed by atoms with E-state index in [0.29, 0.717) is 24.2 Å². The molecule has 142 valence electrons. The molecule has 4 atom stereocenters. The van der Waals surface area contributed by atoms with Crippen molar-refractivity contribution in [2.75, 3.05) is 0 Å². The highest BCUT2D eigenvalue weighted by Crippen LogP contribution is 2.53. The summed E-state index contributed by atoms with van der Waals surface area (Å²) in [6.45, 7) is 2.17. The number of hydrogen-bond acceptors (Lipinski definition) is 1. The predicted octanol–water partition coefficient (Wildman–Crippen LogP) is 6.61. The summed E-state index contributed by atoms with van der Waals surface area (Å²) in [5, 5.41) is 0. The summed E-state index contributed by atoms with van der Waals surface area (Å²) < 4.78 is 40.8. The lowest BCUT2D eigenvalue weighted by Gasteiger charge is -2.33. The van der Waals surface area contributed by atoms with E-state index in [1.54, 1.807) is 12.3 Å². The first-order valence-corrected chi connectivity index (χ1v) is 9.69. The Morgan fingerprint density at radius 2 is 2.00 bits per heavy atom. The van der Waals surface area contributed by atoms with Crippen LogP contribution in [0.25, 0.3) is 17.2 Å². The lowest BCUT2D eigenvalue weighted by atomic mass is 9.76. The third kappa shape index (κ3) is 3.95. The standard InChI is InChI=1S/C23H24F3N/c1-15-11-18-13-23(25,26)10-9-22(18)21(15)8-7-20-6-5-17(14-27-20)16-3-2-4-19(24)12-16/h2-8,12,14-15,18,21-22H,9-11,13H2,1H3/b8-7+/t15-,18-,21-,22-/m1/s1. The molecule has 27 heavy (non-hydrogen) atoms. The van der Waals surface area contributed by atoms with Crippen molar-refractivity contribution in [3.8, 4) is 11.1 Å². The van der Waals surface area contributed by atoms with Gasteiger partial charge in [0.05, 0.1) is 5.69 Å². The van der Waals surface area contributed by atoms with Gasteiger partial charge < -0.3 is 0 Å². The van der Waals surface area contributed by atoms with Crippen LogP contribution < -0.4 is 0 Å². The van der Waals surface area contributed by atoms with Crippen molar-refractivity contribution in [2.45, 2.75) is 38.5 Å². The van der Waals surface area contributed by atoms with Crippen molar-refractivity contribution < 1.29 is 13.2 Å². The fourth-order valence-electron chi connectivity index (χ4n) is 4.96. The minimum absolute atomic E-state index is 0.0197. The summed E-state index contributed by atoms with van der Waals surface area (Å²) in [5.41, 5.74) is 2.51. The number of allylic oxidation sites excluding steroid dienone is 1. The molecule has 1 nitrogen and oxygen atoms in total. The van der Waals surface area contributed by atoms with Crippen molar-refractivity contribution in [3.63, 3.8) is 0 Å². The Balaban J connectivity index is 1.47. The molecule has 0 saturated heterocycles. The van der Waals surface area contributed by atoms with Crippen molar-refractivity contribution in [1.82, 2.24) is 4.98 Å². The molecule has 0 amide bonds. The monoisotopic (exact) mass is 371 g/mol. The molecule has 1 aromatic carbocycles. The topological polar surface area (TPSA) is 12.9 Å². The Bertz CT molecular complexity index is 828. The Morgan fingerprint density at radius 3 is 2.74 bits per heavy atom. The summed E-state index contributed by atoms with van der Waals surface area (Å²) >= 11 is 0. The Kier molecular flexibility index (Phi) is 4.83. The number of fused-ring (bicyclic) bond motifs is 1. The second kappa shape index (κ2) is 7.14. The molecule has 2 fully saturated rings. The molecule has 0 unspecified atom stereocenters. The molecule has 2 aliphatic rings. The van der Waals surface area contributed by atoms with Crippen molar-refractivity contribution in [2.24, 2.45) is 23.7 Å². The maximum absolute atomic E-state index is 13.7. The van der Waals surface area contributed by atoms with Gasteiger partial charge in [0.2, 0.25) is 5.92 Å². The molecular weight excluding hydrogens is 347 g/mol. The quantitative estimate of drug-likeness (QED) is 0.592. The lowest BCUT2D eigenvalue weighted by Crippen LogP contribution is -2.31. The van der Waals surface area contributed by atoms with Gasteiger partial charge in [0, 0.05) is 24.6 Å². The van der Waals surface area contributed by atoms with Crippen LogP contribution in [0.15, 0.2) is 48.7 Å². The van der Waals surface area contributed by atoms with Crippen molar-refractivity contribution in [1.29, 1.82) is 0 Å².